The van der Waals surface area contributed by atoms with E-state index in [1.165, 1.54) is 4.31 Å². The van der Waals surface area contributed by atoms with Crippen molar-refractivity contribution in [3.63, 3.8) is 0 Å². The van der Waals surface area contributed by atoms with Crippen LogP contribution in [0.15, 0.2) is 82.6 Å². The van der Waals surface area contributed by atoms with Gasteiger partial charge in [-0.3, -0.25) is 9.10 Å². The Morgan fingerprint density at radius 2 is 1.58 bits per heavy atom. The van der Waals surface area contributed by atoms with E-state index in [1.807, 2.05) is 57.2 Å². The lowest BCUT2D eigenvalue weighted by molar-refractivity contribution is -0.114. The summed E-state index contributed by atoms with van der Waals surface area (Å²) in [6, 6.07) is 21.3. The molecule has 0 atom stereocenters. The third kappa shape index (κ3) is 5.48. The van der Waals surface area contributed by atoms with Crippen molar-refractivity contribution in [2.24, 2.45) is 0 Å². The molecule has 31 heavy (non-hydrogen) atoms. The molecule has 0 aliphatic heterocycles. The van der Waals surface area contributed by atoms with E-state index in [0.717, 1.165) is 21.8 Å². The van der Waals surface area contributed by atoms with Gasteiger partial charge in [0, 0.05) is 4.90 Å². The van der Waals surface area contributed by atoms with E-state index in [9.17, 15) is 13.2 Å². The van der Waals surface area contributed by atoms with Gasteiger partial charge in [-0.05, 0) is 55.5 Å². The molecule has 0 aliphatic rings. The molecule has 0 heterocycles. The molecule has 5 nitrogen and oxygen atoms in total. The summed E-state index contributed by atoms with van der Waals surface area (Å²) in [6.45, 7) is 5.44. The summed E-state index contributed by atoms with van der Waals surface area (Å²) < 4.78 is 28.2. The van der Waals surface area contributed by atoms with E-state index in [4.69, 9.17) is 0 Å². The van der Waals surface area contributed by atoms with Gasteiger partial charge >= 0.3 is 0 Å². The Morgan fingerprint density at radius 3 is 2.26 bits per heavy atom. The number of carbonyl (C=O) groups is 1. The van der Waals surface area contributed by atoms with Crippen molar-refractivity contribution in [1.82, 2.24) is 0 Å². The van der Waals surface area contributed by atoms with Crippen molar-refractivity contribution in [3.8, 4) is 0 Å². The van der Waals surface area contributed by atoms with Gasteiger partial charge in [-0.2, -0.15) is 0 Å². The number of nitrogens with one attached hydrogen (secondary N) is 1. The predicted octanol–water partition coefficient (Wildman–Crippen LogP) is 5.25. The molecule has 0 saturated heterocycles. The molecular weight excluding hydrogens is 428 g/mol. The molecule has 0 unspecified atom stereocenters. The first-order valence-electron chi connectivity index (χ1n) is 9.99. The Bertz CT molecular complexity index is 1160. The third-order valence-corrected chi connectivity index (χ3v) is 7.47. The van der Waals surface area contributed by atoms with Crippen LogP contribution in [0, 0.1) is 13.8 Å². The second-order valence-electron chi connectivity index (χ2n) is 7.09. The molecular formula is C24H26N2O3S2. The fraction of sp³-hybridized carbons (Fsp3) is 0.208. The monoisotopic (exact) mass is 454 g/mol. The molecule has 3 aromatic carbocycles. The molecule has 0 fully saturated rings. The molecule has 1 N–H and O–H groups in total. The fourth-order valence-corrected chi connectivity index (χ4v) is 5.40. The normalized spacial score (nSPS) is 11.2. The highest BCUT2D eigenvalue weighted by molar-refractivity contribution is 7.99. The Balaban J connectivity index is 1.95. The highest BCUT2D eigenvalue weighted by atomic mass is 32.2. The van der Waals surface area contributed by atoms with Gasteiger partial charge in [0.05, 0.1) is 16.3 Å². The smallest absolute Gasteiger partial charge is 0.264 e. The Morgan fingerprint density at radius 1 is 0.935 bits per heavy atom. The minimum Gasteiger partial charge on any atom is -0.323 e. The van der Waals surface area contributed by atoms with E-state index in [2.05, 4.69) is 5.32 Å². The highest BCUT2D eigenvalue weighted by Gasteiger charge is 2.28. The minimum atomic E-state index is -3.93. The lowest BCUT2D eigenvalue weighted by Gasteiger charge is -2.26. The number of aryl methyl sites for hydroxylation is 2. The summed E-state index contributed by atoms with van der Waals surface area (Å²) in [5.74, 6) is 0.465. The quantitative estimate of drug-likeness (QED) is 0.472. The van der Waals surface area contributed by atoms with Crippen LogP contribution < -0.4 is 9.62 Å². The number of thioether (sulfide) groups is 1. The summed E-state index contributed by atoms with van der Waals surface area (Å²) in [5.41, 5.74) is 2.89. The van der Waals surface area contributed by atoms with E-state index < -0.39 is 15.9 Å². The molecule has 0 radical (unpaired) electrons. The van der Waals surface area contributed by atoms with Gasteiger partial charge in [-0.15, -0.1) is 11.8 Å². The van der Waals surface area contributed by atoms with Gasteiger partial charge in [-0.1, -0.05) is 55.0 Å². The van der Waals surface area contributed by atoms with Crippen LogP contribution in [0.4, 0.5) is 11.4 Å². The zero-order chi connectivity index (χ0) is 22.4. The molecule has 0 saturated carbocycles. The molecule has 0 aliphatic carbocycles. The number of hydrogen-bond acceptors (Lipinski definition) is 4. The summed E-state index contributed by atoms with van der Waals surface area (Å²) in [5, 5.41) is 2.88. The molecule has 0 aromatic heterocycles. The number of rotatable bonds is 8. The molecule has 0 bridgehead atoms. The maximum absolute atomic E-state index is 13.5. The standard InChI is InChI=1S/C24H26N2O3S2/c1-4-30-23-12-8-6-10-21(23)25-24(27)17-26(22-11-7-5-9-19(22)3)31(28,29)20-15-13-18(2)14-16-20/h5-16H,4,17H2,1-3H3,(H,25,27). The van der Waals surface area contributed by atoms with Gasteiger partial charge in [-0.25, -0.2) is 8.42 Å². The van der Waals surface area contributed by atoms with Crippen molar-refractivity contribution in [2.75, 3.05) is 21.9 Å². The lowest BCUT2D eigenvalue weighted by atomic mass is 10.2. The second-order valence-corrected chi connectivity index (χ2v) is 10.3. The summed E-state index contributed by atoms with van der Waals surface area (Å²) >= 11 is 1.62. The van der Waals surface area contributed by atoms with E-state index >= 15 is 0 Å². The molecule has 162 valence electrons. The average Bonchev–Trinajstić information content (AvgIpc) is 2.74. The zero-order valence-electron chi connectivity index (χ0n) is 17.8. The van der Waals surface area contributed by atoms with Crippen LogP contribution in [-0.2, 0) is 14.8 Å². The van der Waals surface area contributed by atoms with E-state index in [0.29, 0.717) is 11.4 Å². The van der Waals surface area contributed by atoms with Crippen LogP contribution in [0.1, 0.15) is 18.1 Å². The summed E-state index contributed by atoms with van der Waals surface area (Å²) in [6.07, 6.45) is 0. The highest BCUT2D eigenvalue weighted by Crippen LogP contribution is 2.29. The van der Waals surface area contributed by atoms with Crippen LogP contribution >= 0.6 is 11.8 Å². The van der Waals surface area contributed by atoms with Crippen LogP contribution in [-0.4, -0.2) is 26.6 Å². The van der Waals surface area contributed by atoms with Gasteiger partial charge < -0.3 is 5.32 Å². The third-order valence-electron chi connectivity index (χ3n) is 4.74. The molecule has 0 spiro atoms. The van der Waals surface area contributed by atoms with Crippen LogP contribution in [0.5, 0.6) is 0 Å². The van der Waals surface area contributed by atoms with Gasteiger partial charge in [0.2, 0.25) is 5.91 Å². The SMILES string of the molecule is CCSc1ccccc1NC(=O)CN(c1ccccc1C)S(=O)(=O)c1ccc(C)cc1. The van der Waals surface area contributed by atoms with E-state index in [-0.39, 0.29) is 11.4 Å². The van der Waals surface area contributed by atoms with Crippen LogP contribution in [0.2, 0.25) is 0 Å². The van der Waals surface area contributed by atoms with E-state index in [1.54, 1.807) is 48.2 Å². The number of hydrogen-bond donors (Lipinski definition) is 1. The van der Waals surface area contributed by atoms with Crippen LogP contribution in [0.25, 0.3) is 0 Å². The number of nitrogens with zero attached hydrogens (tertiary/aromatic N) is 1. The average molecular weight is 455 g/mol. The number of para-hydroxylation sites is 2. The topological polar surface area (TPSA) is 66.5 Å². The maximum Gasteiger partial charge on any atom is 0.264 e. The fourth-order valence-electron chi connectivity index (χ4n) is 3.15. The molecule has 7 heteroatoms. The zero-order valence-corrected chi connectivity index (χ0v) is 19.5. The number of sulfonamides is 1. The predicted molar refractivity (Wildman–Crippen MR) is 128 cm³/mol. The van der Waals surface area contributed by atoms with Crippen molar-refractivity contribution in [3.05, 3.63) is 83.9 Å². The first-order valence-corrected chi connectivity index (χ1v) is 12.4. The summed E-state index contributed by atoms with van der Waals surface area (Å²) in [7, 11) is -3.93. The molecule has 3 aromatic rings. The molecule has 1 amide bonds. The van der Waals surface area contributed by atoms with Crippen molar-refractivity contribution in [1.29, 1.82) is 0 Å². The second kappa shape index (κ2) is 10.0. The lowest BCUT2D eigenvalue weighted by Crippen LogP contribution is -2.38. The number of carbonyl (C=O) groups excluding carboxylic acids is 1. The number of benzene rings is 3. The largest absolute Gasteiger partial charge is 0.323 e. The van der Waals surface area contributed by atoms with Crippen molar-refractivity contribution < 1.29 is 13.2 Å². The summed E-state index contributed by atoms with van der Waals surface area (Å²) in [4.78, 5) is 14.1. The number of amides is 1. The van der Waals surface area contributed by atoms with Gasteiger partial charge in [0.25, 0.3) is 10.0 Å². The van der Waals surface area contributed by atoms with Crippen molar-refractivity contribution in [2.45, 2.75) is 30.6 Å². The minimum absolute atomic E-state index is 0.149. The van der Waals surface area contributed by atoms with Crippen LogP contribution in [0.3, 0.4) is 0 Å². The Hall–Kier alpha value is -2.77. The Kier molecular flexibility index (Phi) is 7.41. The maximum atomic E-state index is 13.5. The first-order chi connectivity index (χ1) is 14.8. The van der Waals surface area contributed by atoms with Gasteiger partial charge in [0.1, 0.15) is 6.54 Å². The molecule has 3 rings (SSSR count). The number of anilines is 2. The van der Waals surface area contributed by atoms with Gasteiger partial charge in [0.15, 0.2) is 0 Å². The first kappa shape index (κ1) is 22.9. The van der Waals surface area contributed by atoms with Crippen molar-refractivity contribution >= 4 is 39.1 Å². The Labute approximate surface area is 188 Å².